The number of rotatable bonds is 0. The Morgan fingerprint density at radius 3 is 3.08 bits per heavy atom. The van der Waals surface area contributed by atoms with Gasteiger partial charge >= 0.3 is 0 Å². The number of nitrogens with zero attached hydrogens (tertiary/aromatic N) is 2. The maximum Gasteiger partial charge on any atom is 0.170 e. The third-order valence-corrected chi connectivity index (χ3v) is 2.30. The van der Waals surface area contributed by atoms with Gasteiger partial charge in [0.2, 0.25) is 0 Å². The molecule has 1 N–H and O–H groups in total. The van der Waals surface area contributed by atoms with E-state index in [-0.39, 0.29) is 0 Å². The van der Waals surface area contributed by atoms with Crippen LogP contribution >= 0.6 is 22.6 Å². The Hall–Kier alpha value is -1.09. The average molecular weight is 269 g/mol. The molecule has 58 valence electrons. The van der Waals surface area contributed by atoms with Gasteiger partial charge < -0.3 is 0 Å². The van der Waals surface area contributed by atoms with Crippen LogP contribution in [0, 0.1) is 14.9 Å². The van der Waals surface area contributed by atoms with E-state index in [1.165, 1.54) is 0 Å². The van der Waals surface area contributed by atoms with Gasteiger partial charge in [-0.15, -0.1) is 0 Å². The van der Waals surface area contributed by atoms with Gasteiger partial charge in [0.05, 0.1) is 5.52 Å². The fourth-order valence-electron chi connectivity index (χ4n) is 1.07. The molecule has 0 aliphatic rings. The van der Waals surface area contributed by atoms with Crippen molar-refractivity contribution >= 4 is 33.5 Å². The van der Waals surface area contributed by atoms with Crippen molar-refractivity contribution in [1.82, 2.24) is 10.2 Å². The van der Waals surface area contributed by atoms with Crippen LogP contribution in [-0.4, -0.2) is 10.2 Å². The number of aromatic nitrogens is 2. The summed E-state index contributed by atoms with van der Waals surface area (Å²) in [6.45, 7) is 0. The highest BCUT2D eigenvalue weighted by Gasteiger charge is 2.03. The summed E-state index contributed by atoms with van der Waals surface area (Å²) < 4.78 is 1.11. The molecule has 4 heteroatoms. The Balaban J connectivity index is 2.86. The van der Waals surface area contributed by atoms with Gasteiger partial charge in [-0.3, -0.25) is 5.10 Å². The maximum atomic E-state index is 8.68. The minimum atomic E-state index is 0.462. The first-order chi connectivity index (χ1) is 5.81. The Morgan fingerprint density at radius 2 is 2.33 bits per heavy atom. The summed E-state index contributed by atoms with van der Waals surface area (Å²) in [5.74, 6) is 0. The molecular weight excluding hydrogens is 265 g/mol. The van der Waals surface area contributed by atoms with Crippen LogP contribution in [0.1, 0.15) is 5.69 Å². The van der Waals surface area contributed by atoms with E-state index in [0.717, 1.165) is 14.5 Å². The van der Waals surface area contributed by atoms with E-state index in [2.05, 4.69) is 32.8 Å². The number of nitriles is 1. The molecule has 1 heterocycles. The summed E-state index contributed by atoms with van der Waals surface area (Å²) in [5.41, 5.74) is 1.37. The maximum absolute atomic E-state index is 8.68. The summed E-state index contributed by atoms with van der Waals surface area (Å²) in [7, 11) is 0. The zero-order chi connectivity index (χ0) is 8.55. The molecule has 2 aromatic rings. The van der Waals surface area contributed by atoms with Gasteiger partial charge in [0.15, 0.2) is 5.69 Å². The first-order valence-electron chi connectivity index (χ1n) is 3.35. The number of halogens is 1. The van der Waals surface area contributed by atoms with E-state index in [1.807, 2.05) is 24.3 Å². The summed E-state index contributed by atoms with van der Waals surface area (Å²) in [5, 5.41) is 16.2. The molecule has 0 unspecified atom stereocenters. The van der Waals surface area contributed by atoms with Gasteiger partial charge in [0.25, 0.3) is 0 Å². The highest BCUT2D eigenvalue weighted by Crippen LogP contribution is 2.17. The van der Waals surface area contributed by atoms with E-state index in [0.29, 0.717) is 5.69 Å². The monoisotopic (exact) mass is 269 g/mol. The number of hydrogen-bond acceptors (Lipinski definition) is 2. The molecule has 0 radical (unpaired) electrons. The molecule has 0 aliphatic carbocycles. The van der Waals surface area contributed by atoms with Crippen molar-refractivity contribution in [2.75, 3.05) is 0 Å². The lowest BCUT2D eigenvalue weighted by atomic mass is 10.2. The normalized spacial score (nSPS) is 10.0. The molecule has 12 heavy (non-hydrogen) atoms. The second kappa shape index (κ2) is 2.75. The van der Waals surface area contributed by atoms with Gasteiger partial charge in [0, 0.05) is 8.96 Å². The number of hydrogen-bond donors (Lipinski definition) is 1. The van der Waals surface area contributed by atoms with Crippen LogP contribution in [0.5, 0.6) is 0 Å². The number of nitrogens with one attached hydrogen (secondary N) is 1. The van der Waals surface area contributed by atoms with Gasteiger partial charge in [-0.05, 0) is 40.8 Å². The summed E-state index contributed by atoms with van der Waals surface area (Å²) in [4.78, 5) is 0. The first kappa shape index (κ1) is 7.55. The molecule has 2 rings (SSSR count). The van der Waals surface area contributed by atoms with Crippen LogP contribution in [0.25, 0.3) is 10.9 Å². The number of benzene rings is 1. The van der Waals surface area contributed by atoms with Crippen molar-refractivity contribution in [3.05, 3.63) is 27.5 Å². The van der Waals surface area contributed by atoms with Crippen molar-refractivity contribution in [2.45, 2.75) is 0 Å². The van der Waals surface area contributed by atoms with E-state index >= 15 is 0 Å². The number of aromatic amines is 1. The molecule has 0 spiro atoms. The topological polar surface area (TPSA) is 52.5 Å². The predicted molar refractivity (Wildman–Crippen MR) is 53.5 cm³/mol. The summed E-state index contributed by atoms with van der Waals surface area (Å²) in [6.07, 6.45) is 0. The van der Waals surface area contributed by atoms with Gasteiger partial charge in [-0.25, -0.2) is 0 Å². The Labute approximate surface area is 82.5 Å². The molecule has 0 fully saturated rings. The summed E-state index contributed by atoms with van der Waals surface area (Å²) >= 11 is 2.21. The highest BCUT2D eigenvalue weighted by molar-refractivity contribution is 14.1. The fraction of sp³-hybridized carbons (Fsp3) is 0. The standard InChI is InChI=1S/C8H4IN3/c9-5-1-2-7-6(3-5)8(4-10)12-11-7/h1-3H,(H,11,12). The third-order valence-electron chi connectivity index (χ3n) is 1.63. The lowest BCUT2D eigenvalue weighted by Gasteiger charge is -1.89. The van der Waals surface area contributed by atoms with Gasteiger partial charge in [0.1, 0.15) is 6.07 Å². The quantitative estimate of drug-likeness (QED) is 0.744. The molecule has 0 bridgehead atoms. The lowest BCUT2D eigenvalue weighted by Crippen LogP contribution is -1.73. The molecule has 3 nitrogen and oxygen atoms in total. The van der Waals surface area contributed by atoms with Crippen molar-refractivity contribution in [3.63, 3.8) is 0 Å². The van der Waals surface area contributed by atoms with E-state index < -0.39 is 0 Å². The second-order valence-corrected chi connectivity index (χ2v) is 3.62. The molecule has 0 aliphatic heterocycles. The van der Waals surface area contributed by atoms with Crippen LogP contribution in [-0.2, 0) is 0 Å². The first-order valence-corrected chi connectivity index (χ1v) is 4.43. The minimum absolute atomic E-state index is 0.462. The van der Waals surface area contributed by atoms with Gasteiger partial charge in [-0.2, -0.15) is 10.4 Å². The van der Waals surface area contributed by atoms with Crippen LogP contribution in [0.2, 0.25) is 0 Å². The average Bonchev–Trinajstić information content (AvgIpc) is 2.46. The molecule has 0 amide bonds. The van der Waals surface area contributed by atoms with Gasteiger partial charge in [-0.1, -0.05) is 0 Å². The zero-order valence-electron chi connectivity index (χ0n) is 6.00. The van der Waals surface area contributed by atoms with Crippen molar-refractivity contribution in [2.24, 2.45) is 0 Å². The van der Waals surface area contributed by atoms with E-state index in [4.69, 9.17) is 5.26 Å². The molecule has 0 saturated heterocycles. The lowest BCUT2D eigenvalue weighted by molar-refractivity contribution is 1.10. The van der Waals surface area contributed by atoms with Crippen molar-refractivity contribution < 1.29 is 0 Å². The number of fused-ring (bicyclic) bond motifs is 1. The van der Waals surface area contributed by atoms with Crippen LogP contribution in [0.3, 0.4) is 0 Å². The second-order valence-electron chi connectivity index (χ2n) is 2.37. The summed E-state index contributed by atoms with van der Waals surface area (Å²) in [6, 6.07) is 7.87. The predicted octanol–water partition coefficient (Wildman–Crippen LogP) is 2.04. The zero-order valence-corrected chi connectivity index (χ0v) is 8.16. The molecule has 1 aromatic heterocycles. The van der Waals surface area contributed by atoms with E-state index in [1.54, 1.807) is 0 Å². The minimum Gasteiger partial charge on any atom is -0.276 e. The SMILES string of the molecule is N#Cc1n[nH]c2ccc(I)cc12. The smallest absolute Gasteiger partial charge is 0.170 e. The van der Waals surface area contributed by atoms with E-state index in [9.17, 15) is 0 Å². The Morgan fingerprint density at radius 1 is 1.50 bits per heavy atom. The molecule has 1 aromatic carbocycles. The molecule has 0 atom stereocenters. The highest BCUT2D eigenvalue weighted by atomic mass is 127. The van der Waals surface area contributed by atoms with Crippen LogP contribution in [0.4, 0.5) is 0 Å². The van der Waals surface area contributed by atoms with Crippen LogP contribution in [0.15, 0.2) is 18.2 Å². The van der Waals surface area contributed by atoms with Crippen molar-refractivity contribution in [3.8, 4) is 6.07 Å². The fourth-order valence-corrected chi connectivity index (χ4v) is 1.56. The molecular formula is C8H4IN3. The Bertz CT molecular complexity index is 467. The Kier molecular flexibility index (Phi) is 1.73. The van der Waals surface area contributed by atoms with Crippen LogP contribution < -0.4 is 0 Å². The molecule has 0 saturated carbocycles. The third kappa shape index (κ3) is 1.06. The number of H-pyrrole nitrogens is 1. The largest absolute Gasteiger partial charge is 0.276 e. The van der Waals surface area contributed by atoms with Crippen molar-refractivity contribution in [1.29, 1.82) is 5.26 Å².